The highest BCUT2D eigenvalue weighted by Crippen LogP contribution is 2.49. The molecule has 0 aliphatic heterocycles. The van der Waals surface area contributed by atoms with Crippen LogP contribution in [-0.2, 0) is 11.8 Å². The van der Waals surface area contributed by atoms with E-state index in [1.165, 1.54) is 24.0 Å². The fourth-order valence-electron chi connectivity index (χ4n) is 3.26. The lowest BCUT2D eigenvalue weighted by atomic mass is 9.92. The van der Waals surface area contributed by atoms with Crippen LogP contribution < -0.4 is 10.6 Å². The summed E-state index contributed by atoms with van der Waals surface area (Å²) in [6, 6.07) is 14.8. The number of nitrogens with one attached hydrogen (secondary N) is 2. The lowest BCUT2D eigenvalue weighted by Crippen LogP contribution is -2.39. The molecule has 0 amide bonds. The van der Waals surface area contributed by atoms with E-state index in [-0.39, 0.29) is 29.4 Å². The average molecular weight is 464 g/mol. The lowest BCUT2D eigenvalue weighted by molar-refractivity contribution is 0.687. The maximum absolute atomic E-state index is 4.87. The summed E-state index contributed by atoms with van der Waals surface area (Å²) in [6.45, 7) is 6.85. The van der Waals surface area contributed by atoms with Crippen molar-refractivity contribution < 1.29 is 0 Å². The minimum Gasteiger partial charge on any atom is -0.357 e. The molecule has 0 bridgehead atoms. The zero-order valence-corrected chi connectivity index (χ0v) is 18.0. The van der Waals surface area contributed by atoms with Gasteiger partial charge < -0.3 is 10.6 Å². The number of benzene rings is 1. The number of aryl methyl sites for hydroxylation is 1. The van der Waals surface area contributed by atoms with Crippen molar-refractivity contribution in [2.24, 2.45) is 4.99 Å². The first-order valence-electron chi connectivity index (χ1n) is 9.22. The third-order valence-corrected chi connectivity index (χ3v) is 4.85. The maximum Gasteiger partial charge on any atom is 0.191 e. The van der Waals surface area contributed by atoms with Gasteiger partial charge in [-0.2, -0.15) is 0 Å². The average Bonchev–Trinajstić information content (AvgIpc) is 3.42. The molecule has 1 aliphatic rings. The largest absolute Gasteiger partial charge is 0.357 e. The normalized spacial score (nSPS) is 15.1. The van der Waals surface area contributed by atoms with Crippen LogP contribution in [0.25, 0.3) is 0 Å². The van der Waals surface area contributed by atoms with E-state index < -0.39 is 0 Å². The standard InChI is InChI=1S/C21H28N4.HI/c1-3-22-20(24-15-11-18-9-6-7-14-23-18)25-16-21(12-13-21)19-10-5-4-8-17(19)2;/h4-10,14H,3,11-13,15-16H2,1-2H3,(H2,22,24,25);1H. The minimum absolute atomic E-state index is 0. The number of hydrogen-bond donors (Lipinski definition) is 2. The van der Waals surface area contributed by atoms with Crippen molar-refractivity contribution >= 4 is 29.9 Å². The van der Waals surface area contributed by atoms with Gasteiger partial charge in [-0.1, -0.05) is 30.3 Å². The number of aliphatic imine (C=N–C) groups is 1. The SMILES string of the molecule is CCNC(=NCC1(c2ccccc2C)CC1)NCCc1ccccn1.I. The topological polar surface area (TPSA) is 49.3 Å². The first-order chi connectivity index (χ1) is 12.2. The van der Waals surface area contributed by atoms with E-state index in [2.05, 4.69) is 59.8 Å². The molecule has 1 aliphatic carbocycles. The van der Waals surface area contributed by atoms with Crippen LogP contribution in [0.1, 0.15) is 36.6 Å². The molecule has 2 N–H and O–H groups in total. The Hall–Kier alpha value is -1.63. The summed E-state index contributed by atoms with van der Waals surface area (Å²) in [6.07, 6.45) is 5.20. The Morgan fingerprint density at radius 3 is 2.54 bits per heavy atom. The van der Waals surface area contributed by atoms with Crippen LogP contribution >= 0.6 is 24.0 Å². The molecule has 0 unspecified atom stereocenters. The zero-order chi connectivity index (χ0) is 17.5. The second kappa shape index (κ2) is 9.90. The van der Waals surface area contributed by atoms with E-state index in [0.717, 1.165) is 37.7 Å². The Morgan fingerprint density at radius 2 is 1.88 bits per heavy atom. The molecular formula is C21H29IN4. The first kappa shape index (κ1) is 20.7. The number of pyridine rings is 1. The van der Waals surface area contributed by atoms with Gasteiger partial charge in [0.25, 0.3) is 0 Å². The predicted molar refractivity (Wildman–Crippen MR) is 119 cm³/mol. The van der Waals surface area contributed by atoms with Crippen LogP contribution in [0.5, 0.6) is 0 Å². The Balaban J connectivity index is 0.00000243. The molecule has 1 fully saturated rings. The predicted octanol–water partition coefficient (Wildman–Crippen LogP) is 3.84. The molecule has 0 atom stereocenters. The molecule has 140 valence electrons. The van der Waals surface area contributed by atoms with Crippen LogP contribution in [-0.4, -0.2) is 30.6 Å². The molecule has 4 nitrogen and oxygen atoms in total. The monoisotopic (exact) mass is 464 g/mol. The van der Waals surface area contributed by atoms with Crippen molar-refractivity contribution in [3.63, 3.8) is 0 Å². The van der Waals surface area contributed by atoms with Crippen molar-refractivity contribution in [2.45, 2.75) is 38.5 Å². The summed E-state index contributed by atoms with van der Waals surface area (Å²) in [5.74, 6) is 0.901. The van der Waals surface area contributed by atoms with Crippen molar-refractivity contribution in [1.82, 2.24) is 15.6 Å². The van der Waals surface area contributed by atoms with Crippen LogP contribution in [0.4, 0.5) is 0 Å². The van der Waals surface area contributed by atoms with E-state index in [4.69, 9.17) is 4.99 Å². The molecule has 1 aromatic carbocycles. The Labute approximate surface area is 173 Å². The quantitative estimate of drug-likeness (QED) is 0.372. The van der Waals surface area contributed by atoms with Gasteiger partial charge in [0.05, 0.1) is 6.54 Å². The highest BCUT2D eigenvalue weighted by molar-refractivity contribution is 14.0. The van der Waals surface area contributed by atoms with Crippen LogP contribution in [0.2, 0.25) is 0 Å². The van der Waals surface area contributed by atoms with Crippen LogP contribution in [0, 0.1) is 6.92 Å². The number of hydrogen-bond acceptors (Lipinski definition) is 2. The van der Waals surface area contributed by atoms with Gasteiger partial charge in [0.2, 0.25) is 0 Å². The van der Waals surface area contributed by atoms with Gasteiger partial charge in [0, 0.05) is 36.8 Å². The van der Waals surface area contributed by atoms with Gasteiger partial charge in [-0.25, -0.2) is 0 Å². The molecule has 1 saturated carbocycles. The van der Waals surface area contributed by atoms with Gasteiger partial charge in [0.15, 0.2) is 5.96 Å². The van der Waals surface area contributed by atoms with E-state index in [1.807, 2.05) is 18.3 Å². The zero-order valence-electron chi connectivity index (χ0n) is 15.7. The molecule has 1 aromatic heterocycles. The lowest BCUT2D eigenvalue weighted by Gasteiger charge is -2.17. The Bertz CT molecular complexity index is 711. The molecule has 0 radical (unpaired) electrons. The molecule has 26 heavy (non-hydrogen) atoms. The Kier molecular flexibility index (Phi) is 7.87. The van der Waals surface area contributed by atoms with Crippen molar-refractivity contribution in [2.75, 3.05) is 19.6 Å². The number of nitrogens with zero attached hydrogens (tertiary/aromatic N) is 2. The van der Waals surface area contributed by atoms with E-state index in [0.29, 0.717) is 0 Å². The van der Waals surface area contributed by atoms with Gasteiger partial charge in [-0.3, -0.25) is 9.98 Å². The molecule has 1 heterocycles. The molecule has 2 aromatic rings. The summed E-state index contributed by atoms with van der Waals surface area (Å²) in [5.41, 5.74) is 4.19. The highest BCUT2D eigenvalue weighted by atomic mass is 127. The fourth-order valence-corrected chi connectivity index (χ4v) is 3.26. The number of halogens is 1. The first-order valence-corrected chi connectivity index (χ1v) is 9.22. The number of aromatic nitrogens is 1. The molecule has 5 heteroatoms. The smallest absolute Gasteiger partial charge is 0.191 e. The van der Waals surface area contributed by atoms with Gasteiger partial charge >= 0.3 is 0 Å². The second-order valence-electron chi connectivity index (χ2n) is 6.79. The van der Waals surface area contributed by atoms with Crippen LogP contribution in [0.3, 0.4) is 0 Å². The molecule has 0 saturated heterocycles. The number of rotatable bonds is 7. The fraction of sp³-hybridized carbons (Fsp3) is 0.429. The summed E-state index contributed by atoms with van der Waals surface area (Å²) in [7, 11) is 0. The van der Waals surface area contributed by atoms with Gasteiger partial charge in [-0.15, -0.1) is 24.0 Å². The Morgan fingerprint density at radius 1 is 1.12 bits per heavy atom. The van der Waals surface area contributed by atoms with Gasteiger partial charge in [-0.05, 0) is 49.9 Å². The van der Waals surface area contributed by atoms with E-state index in [9.17, 15) is 0 Å². The van der Waals surface area contributed by atoms with Crippen LogP contribution in [0.15, 0.2) is 53.7 Å². The summed E-state index contributed by atoms with van der Waals surface area (Å²) < 4.78 is 0. The minimum atomic E-state index is 0. The summed E-state index contributed by atoms with van der Waals surface area (Å²) in [4.78, 5) is 9.24. The van der Waals surface area contributed by atoms with Crippen molar-refractivity contribution in [3.8, 4) is 0 Å². The van der Waals surface area contributed by atoms with E-state index in [1.54, 1.807) is 0 Å². The summed E-state index contributed by atoms with van der Waals surface area (Å²) in [5, 5.41) is 6.79. The van der Waals surface area contributed by atoms with E-state index >= 15 is 0 Å². The molecule has 3 rings (SSSR count). The second-order valence-corrected chi connectivity index (χ2v) is 6.79. The molecule has 0 spiro atoms. The third kappa shape index (κ3) is 5.43. The summed E-state index contributed by atoms with van der Waals surface area (Å²) >= 11 is 0. The third-order valence-electron chi connectivity index (χ3n) is 4.85. The molecular weight excluding hydrogens is 435 g/mol. The van der Waals surface area contributed by atoms with Gasteiger partial charge in [0.1, 0.15) is 0 Å². The van der Waals surface area contributed by atoms with Crippen molar-refractivity contribution in [1.29, 1.82) is 0 Å². The highest BCUT2D eigenvalue weighted by Gasteiger charge is 2.44. The number of guanidine groups is 1. The van der Waals surface area contributed by atoms with Crippen molar-refractivity contribution in [3.05, 3.63) is 65.5 Å². The maximum atomic E-state index is 4.87.